The highest BCUT2D eigenvalue weighted by molar-refractivity contribution is 5.57. The van der Waals surface area contributed by atoms with E-state index in [4.69, 9.17) is 0 Å². The highest BCUT2D eigenvalue weighted by atomic mass is 14.9. The molecule has 1 rings (SSSR count). The maximum atomic E-state index is 3.65. The predicted octanol–water partition coefficient (Wildman–Crippen LogP) is 7.23. The number of benzene rings is 1. The molecule has 2 unspecified atom stereocenters. The van der Waals surface area contributed by atoms with Gasteiger partial charge in [-0.1, -0.05) is 71.3 Å². The summed E-state index contributed by atoms with van der Waals surface area (Å²) in [5.74, 6) is 0. The molecule has 1 aromatic carbocycles. The Balaban J connectivity index is 2.34. The number of hydrogen-bond acceptors (Lipinski definition) is 2. The zero-order valence-electron chi connectivity index (χ0n) is 16.5. The van der Waals surface area contributed by atoms with Crippen LogP contribution in [-0.4, -0.2) is 12.1 Å². The molecule has 0 aliphatic heterocycles. The lowest BCUT2D eigenvalue weighted by molar-refractivity contribution is 0.593. The van der Waals surface area contributed by atoms with Crippen molar-refractivity contribution >= 4 is 11.4 Å². The van der Waals surface area contributed by atoms with E-state index in [9.17, 15) is 0 Å². The topological polar surface area (TPSA) is 24.1 Å². The SMILES string of the molecule is CCCCCCC(C)Nc1cccc(NC(C)CCCCCC)c1. The zero-order valence-corrected chi connectivity index (χ0v) is 16.5. The van der Waals surface area contributed by atoms with E-state index in [0.717, 1.165) is 0 Å². The predicted molar refractivity (Wildman–Crippen MR) is 110 cm³/mol. The van der Waals surface area contributed by atoms with Crippen LogP contribution in [0, 0.1) is 0 Å². The zero-order chi connectivity index (χ0) is 17.6. The lowest BCUT2D eigenvalue weighted by Gasteiger charge is -2.18. The molecule has 2 nitrogen and oxygen atoms in total. The monoisotopic (exact) mass is 332 g/mol. The summed E-state index contributed by atoms with van der Waals surface area (Å²) in [6, 6.07) is 9.86. The van der Waals surface area contributed by atoms with E-state index < -0.39 is 0 Å². The number of unbranched alkanes of at least 4 members (excludes halogenated alkanes) is 6. The number of nitrogens with one attached hydrogen (secondary N) is 2. The standard InChI is InChI=1S/C22H40N2/c1-5-7-9-11-14-19(3)23-21-16-13-17-22(18-21)24-20(4)15-12-10-8-6-2/h13,16-20,23-24H,5-12,14-15H2,1-4H3. The van der Waals surface area contributed by atoms with E-state index in [-0.39, 0.29) is 0 Å². The molecule has 138 valence electrons. The second kappa shape index (κ2) is 13.1. The smallest absolute Gasteiger partial charge is 0.0362 e. The maximum absolute atomic E-state index is 3.65. The van der Waals surface area contributed by atoms with Gasteiger partial charge in [0.25, 0.3) is 0 Å². The first kappa shape index (κ1) is 20.9. The number of anilines is 2. The van der Waals surface area contributed by atoms with Crippen molar-refractivity contribution in [3.63, 3.8) is 0 Å². The summed E-state index contributed by atoms with van der Waals surface area (Å²) < 4.78 is 0. The van der Waals surface area contributed by atoms with Crippen molar-refractivity contribution in [2.24, 2.45) is 0 Å². The first-order valence-electron chi connectivity index (χ1n) is 10.3. The van der Waals surface area contributed by atoms with Gasteiger partial charge in [0.15, 0.2) is 0 Å². The summed E-state index contributed by atoms with van der Waals surface area (Å²) in [5.41, 5.74) is 2.47. The lowest BCUT2D eigenvalue weighted by atomic mass is 10.1. The average molecular weight is 333 g/mol. The summed E-state index contributed by atoms with van der Waals surface area (Å²) in [4.78, 5) is 0. The third-order valence-electron chi connectivity index (χ3n) is 4.67. The van der Waals surface area contributed by atoms with Crippen molar-refractivity contribution in [2.75, 3.05) is 10.6 Å². The quantitative estimate of drug-likeness (QED) is 0.351. The summed E-state index contributed by atoms with van der Waals surface area (Å²) in [6.45, 7) is 9.13. The van der Waals surface area contributed by atoms with Crippen LogP contribution in [-0.2, 0) is 0 Å². The van der Waals surface area contributed by atoms with Crippen molar-refractivity contribution in [3.05, 3.63) is 24.3 Å². The average Bonchev–Trinajstić information content (AvgIpc) is 2.56. The molecule has 1 aromatic rings. The molecule has 0 spiro atoms. The summed E-state index contributed by atoms with van der Waals surface area (Å²) >= 11 is 0. The molecule has 2 N–H and O–H groups in total. The Bertz CT molecular complexity index is 381. The van der Waals surface area contributed by atoms with Gasteiger partial charge in [0.1, 0.15) is 0 Å². The number of hydrogen-bond donors (Lipinski definition) is 2. The molecule has 2 heteroatoms. The Hall–Kier alpha value is -1.18. The van der Waals surface area contributed by atoms with Crippen LogP contribution in [0.1, 0.15) is 91.9 Å². The Labute approximate surface area is 150 Å². The van der Waals surface area contributed by atoms with E-state index in [0.29, 0.717) is 12.1 Å². The molecule has 0 radical (unpaired) electrons. The second-order valence-corrected chi connectivity index (χ2v) is 7.37. The fourth-order valence-electron chi connectivity index (χ4n) is 3.17. The van der Waals surface area contributed by atoms with Crippen molar-refractivity contribution < 1.29 is 0 Å². The van der Waals surface area contributed by atoms with E-state index in [2.05, 4.69) is 62.6 Å². The van der Waals surface area contributed by atoms with Crippen LogP contribution in [0.4, 0.5) is 11.4 Å². The molecule has 0 aliphatic carbocycles. The van der Waals surface area contributed by atoms with E-state index in [1.54, 1.807) is 0 Å². The maximum Gasteiger partial charge on any atom is 0.0362 e. The van der Waals surface area contributed by atoms with Crippen molar-refractivity contribution in [1.29, 1.82) is 0 Å². The van der Waals surface area contributed by atoms with Crippen molar-refractivity contribution in [1.82, 2.24) is 0 Å². The van der Waals surface area contributed by atoms with Crippen molar-refractivity contribution in [2.45, 2.75) is 104 Å². The fraction of sp³-hybridized carbons (Fsp3) is 0.727. The Morgan fingerprint density at radius 3 is 1.58 bits per heavy atom. The minimum Gasteiger partial charge on any atom is -0.383 e. The van der Waals surface area contributed by atoms with Gasteiger partial charge < -0.3 is 10.6 Å². The highest BCUT2D eigenvalue weighted by Crippen LogP contribution is 2.19. The van der Waals surface area contributed by atoms with Gasteiger partial charge in [-0.25, -0.2) is 0 Å². The molecule has 0 saturated carbocycles. The lowest BCUT2D eigenvalue weighted by Crippen LogP contribution is -2.17. The normalized spacial score (nSPS) is 13.5. The molecule has 24 heavy (non-hydrogen) atoms. The molecule has 0 fully saturated rings. The van der Waals surface area contributed by atoms with E-state index in [1.807, 2.05) is 0 Å². The molecule has 0 bridgehead atoms. The minimum absolute atomic E-state index is 0.545. The molecule has 0 heterocycles. The van der Waals surface area contributed by atoms with Gasteiger partial charge in [0.2, 0.25) is 0 Å². The largest absolute Gasteiger partial charge is 0.383 e. The molecule has 2 atom stereocenters. The Morgan fingerprint density at radius 2 is 1.17 bits per heavy atom. The molecule has 0 aliphatic rings. The minimum atomic E-state index is 0.545. The van der Waals surface area contributed by atoms with Gasteiger partial charge >= 0.3 is 0 Å². The first-order valence-corrected chi connectivity index (χ1v) is 10.3. The Morgan fingerprint density at radius 1 is 0.708 bits per heavy atom. The first-order chi connectivity index (χ1) is 11.7. The van der Waals surface area contributed by atoms with Gasteiger partial charge in [-0.15, -0.1) is 0 Å². The molecule has 0 aromatic heterocycles. The third kappa shape index (κ3) is 9.85. The molecular weight excluding hydrogens is 292 g/mol. The van der Waals surface area contributed by atoms with Crippen molar-refractivity contribution in [3.8, 4) is 0 Å². The van der Waals surface area contributed by atoms with Gasteiger partial charge in [-0.2, -0.15) is 0 Å². The van der Waals surface area contributed by atoms with E-state index >= 15 is 0 Å². The molecule has 0 saturated heterocycles. The van der Waals surface area contributed by atoms with Crippen LogP contribution in [0.5, 0.6) is 0 Å². The second-order valence-electron chi connectivity index (χ2n) is 7.37. The molecular formula is C22H40N2. The summed E-state index contributed by atoms with van der Waals surface area (Å²) in [5, 5.41) is 7.30. The molecule has 0 amide bonds. The fourth-order valence-corrected chi connectivity index (χ4v) is 3.17. The Kier molecular flexibility index (Phi) is 11.4. The van der Waals surface area contributed by atoms with Crippen LogP contribution in [0.25, 0.3) is 0 Å². The summed E-state index contributed by atoms with van der Waals surface area (Å²) in [6.07, 6.45) is 13.2. The number of rotatable bonds is 14. The van der Waals surface area contributed by atoms with Gasteiger partial charge in [-0.3, -0.25) is 0 Å². The van der Waals surface area contributed by atoms with Crippen LogP contribution < -0.4 is 10.6 Å². The highest BCUT2D eigenvalue weighted by Gasteiger charge is 2.05. The van der Waals surface area contributed by atoms with Gasteiger partial charge in [0, 0.05) is 23.5 Å². The van der Waals surface area contributed by atoms with E-state index in [1.165, 1.54) is 75.6 Å². The van der Waals surface area contributed by atoms with Crippen LogP contribution in [0.2, 0.25) is 0 Å². The van der Waals surface area contributed by atoms with Gasteiger partial charge in [0.05, 0.1) is 0 Å². The van der Waals surface area contributed by atoms with Crippen LogP contribution in [0.3, 0.4) is 0 Å². The van der Waals surface area contributed by atoms with Gasteiger partial charge in [-0.05, 0) is 44.9 Å². The van der Waals surface area contributed by atoms with Crippen LogP contribution >= 0.6 is 0 Å². The third-order valence-corrected chi connectivity index (χ3v) is 4.67. The summed E-state index contributed by atoms with van der Waals surface area (Å²) in [7, 11) is 0. The van der Waals surface area contributed by atoms with Crippen LogP contribution in [0.15, 0.2) is 24.3 Å².